The normalized spacial score (nSPS) is 12.9. The van der Waals surface area contributed by atoms with Crippen LogP contribution in [0.25, 0.3) is 0 Å². The van der Waals surface area contributed by atoms with Crippen LogP contribution in [0.15, 0.2) is 18.2 Å². The molecule has 0 aliphatic carbocycles. The Balaban J connectivity index is 2.94. The number of nitrogens with one attached hydrogen (secondary N) is 1. The Bertz CT molecular complexity index is 509. The molecule has 0 spiro atoms. The molecule has 1 aromatic carbocycles. The molecule has 6 heteroatoms. The van der Waals surface area contributed by atoms with Crippen LogP contribution in [-0.4, -0.2) is 49.1 Å². The lowest BCUT2D eigenvalue weighted by Crippen LogP contribution is -2.30. The van der Waals surface area contributed by atoms with Gasteiger partial charge in [-0.2, -0.15) is 0 Å². The first-order chi connectivity index (χ1) is 10.1. The zero-order chi connectivity index (χ0) is 16.9. The molecule has 1 amide bonds. The fraction of sp³-hybridized carbons (Fsp3) is 0.562. The van der Waals surface area contributed by atoms with E-state index in [1.54, 1.807) is 51.9 Å². The molecular weight excluding hydrogens is 284 g/mol. The number of nitrogens with zero attached hydrogens (tertiary/aromatic N) is 1. The summed E-state index contributed by atoms with van der Waals surface area (Å²) in [5.41, 5.74) is 0.744. The van der Waals surface area contributed by atoms with Crippen molar-refractivity contribution in [1.29, 1.82) is 0 Å². The van der Waals surface area contributed by atoms with E-state index in [0.29, 0.717) is 17.9 Å². The maximum atomic E-state index is 11.9. The van der Waals surface area contributed by atoms with Crippen molar-refractivity contribution in [3.63, 3.8) is 0 Å². The summed E-state index contributed by atoms with van der Waals surface area (Å²) in [6.45, 7) is 5.40. The van der Waals surface area contributed by atoms with Gasteiger partial charge in [-0.25, -0.2) is 4.79 Å². The Morgan fingerprint density at radius 2 is 2.00 bits per heavy atom. The number of carbonyl (C=O) groups excluding carboxylic acids is 1. The van der Waals surface area contributed by atoms with E-state index >= 15 is 0 Å². The number of anilines is 1. The van der Waals surface area contributed by atoms with Gasteiger partial charge in [0.25, 0.3) is 0 Å². The van der Waals surface area contributed by atoms with Crippen LogP contribution in [0.2, 0.25) is 0 Å². The number of hydrogen-bond donors (Lipinski definition) is 2. The van der Waals surface area contributed by atoms with Crippen molar-refractivity contribution < 1.29 is 19.4 Å². The summed E-state index contributed by atoms with van der Waals surface area (Å²) in [5, 5.41) is 12.7. The molecule has 6 nitrogen and oxygen atoms in total. The molecule has 0 aliphatic rings. The van der Waals surface area contributed by atoms with Crippen molar-refractivity contribution in [2.75, 3.05) is 26.5 Å². The van der Waals surface area contributed by atoms with E-state index in [1.165, 1.54) is 7.11 Å². The van der Waals surface area contributed by atoms with Crippen molar-refractivity contribution in [2.45, 2.75) is 39.0 Å². The Hall–Kier alpha value is -1.79. The number of hydrogen-bond acceptors (Lipinski definition) is 5. The fourth-order valence-electron chi connectivity index (χ4n) is 1.88. The number of likely N-dealkylation sites (N-methyl/N-ethyl adjacent to an activating group) is 1. The minimum atomic E-state index is -0.634. The third-order valence-electron chi connectivity index (χ3n) is 2.93. The maximum absolute atomic E-state index is 11.9. The number of aliphatic hydroxyl groups is 1. The van der Waals surface area contributed by atoms with Crippen LogP contribution in [0.4, 0.5) is 10.5 Å². The summed E-state index contributed by atoms with van der Waals surface area (Å²) in [5.74, 6) is 0.522. The predicted octanol–water partition coefficient (Wildman–Crippen LogP) is 2.46. The molecule has 0 saturated carbocycles. The highest BCUT2D eigenvalue weighted by molar-refractivity contribution is 5.87. The van der Waals surface area contributed by atoms with Crippen molar-refractivity contribution in [1.82, 2.24) is 4.90 Å². The Morgan fingerprint density at radius 3 is 2.50 bits per heavy atom. The Labute approximate surface area is 132 Å². The Morgan fingerprint density at radius 1 is 1.36 bits per heavy atom. The lowest BCUT2D eigenvalue weighted by molar-refractivity contribution is 0.0408. The van der Waals surface area contributed by atoms with Gasteiger partial charge in [0.15, 0.2) is 0 Å². The van der Waals surface area contributed by atoms with Crippen LogP contribution >= 0.6 is 0 Å². The standard InChI is InChI=1S/C16H26N2O4/c1-16(2,3)22-15(20)17-12-9-7-8-11(14(12)21-6)10-13(19)18(4)5/h7-9,13,19H,10H2,1-6H3,(H,17,20). The number of benzene rings is 1. The summed E-state index contributed by atoms with van der Waals surface area (Å²) in [4.78, 5) is 13.6. The molecule has 1 atom stereocenters. The molecule has 1 rings (SSSR count). The predicted molar refractivity (Wildman–Crippen MR) is 86.2 cm³/mol. The molecule has 124 valence electrons. The van der Waals surface area contributed by atoms with E-state index in [1.807, 2.05) is 6.07 Å². The molecule has 0 saturated heterocycles. The minimum Gasteiger partial charge on any atom is -0.494 e. The number of carbonyl (C=O) groups is 1. The quantitative estimate of drug-likeness (QED) is 0.818. The summed E-state index contributed by atoms with van der Waals surface area (Å²) < 4.78 is 10.6. The van der Waals surface area contributed by atoms with Gasteiger partial charge < -0.3 is 14.6 Å². The van der Waals surface area contributed by atoms with Gasteiger partial charge in [-0.05, 0) is 40.9 Å². The molecule has 2 N–H and O–H groups in total. The van der Waals surface area contributed by atoms with Crippen molar-refractivity contribution >= 4 is 11.8 Å². The van der Waals surface area contributed by atoms with E-state index in [4.69, 9.17) is 9.47 Å². The van der Waals surface area contributed by atoms with Crippen LogP contribution in [0.3, 0.4) is 0 Å². The second-order valence-electron chi connectivity index (χ2n) is 6.27. The third kappa shape index (κ3) is 5.54. The van der Waals surface area contributed by atoms with Gasteiger partial charge >= 0.3 is 6.09 Å². The highest BCUT2D eigenvalue weighted by Gasteiger charge is 2.19. The third-order valence-corrected chi connectivity index (χ3v) is 2.93. The van der Waals surface area contributed by atoms with Gasteiger partial charge in [0.05, 0.1) is 12.8 Å². The number of para-hydroxylation sites is 1. The van der Waals surface area contributed by atoms with E-state index < -0.39 is 17.9 Å². The second kappa shape index (κ2) is 7.47. The van der Waals surface area contributed by atoms with Crippen LogP contribution in [0.5, 0.6) is 5.75 Å². The molecule has 0 aliphatic heterocycles. The monoisotopic (exact) mass is 310 g/mol. The van der Waals surface area contributed by atoms with E-state index in [2.05, 4.69) is 5.32 Å². The first kappa shape index (κ1) is 18.3. The lowest BCUT2D eigenvalue weighted by Gasteiger charge is -2.22. The van der Waals surface area contributed by atoms with Crippen molar-refractivity contribution in [3.05, 3.63) is 23.8 Å². The average Bonchev–Trinajstić information content (AvgIpc) is 2.36. The van der Waals surface area contributed by atoms with E-state index in [-0.39, 0.29) is 0 Å². The molecule has 1 aromatic rings. The molecule has 0 fully saturated rings. The highest BCUT2D eigenvalue weighted by atomic mass is 16.6. The highest BCUT2D eigenvalue weighted by Crippen LogP contribution is 2.30. The zero-order valence-electron chi connectivity index (χ0n) is 14.1. The summed E-state index contributed by atoms with van der Waals surface area (Å²) >= 11 is 0. The van der Waals surface area contributed by atoms with Gasteiger partial charge in [0.2, 0.25) is 0 Å². The molecular formula is C16H26N2O4. The topological polar surface area (TPSA) is 71.0 Å². The fourth-order valence-corrected chi connectivity index (χ4v) is 1.88. The van der Waals surface area contributed by atoms with Gasteiger partial charge in [-0.15, -0.1) is 0 Å². The summed E-state index contributed by atoms with van der Waals surface area (Å²) in [6, 6.07) is 5.38. The number of aliphatic hydroxyl groups excluding tert-OH is 1. The molecule has 0 bridgehead atoms. The summed E-state index contributed by atoms with van der Waals surface area (Å²) in [7, 11) is 5.11. The summed E-state index contributed by atoms with van der Waals surface area (Å²) in [6.07, 6.45) is -0.790. The first-order valence-electron chi connectivity index (χ1n) is 7.14. The number of rotatable bonds is 5. The maximum Gasteiger partial charge on any atom is 0.412 e. The van der Waals surface area contributed by atoms with E-state index in [0.717, 1.165) is 5.56 Å². The van der Waals surface area contributed by atoms with Crippen LogP contribution in [-0.2, 0) is 11.2 Å². The first-order valence-corrected chi connectivity index (χ1v) is 7.14. The second-order valence-corrected chi connectivity index (χ2v) is 6.27. The SMILES string of the molecule is COc1c(CC(O)N(C)C)cccc1NC(=O)OC(C)(C)C. The lowest BCUT2D eigenvalue weighted by atomic mass is 10.1. The van der Waals surface area contributed by atoms with Gasteiger partial charge in [-0.3, -0.25) is 10.2 Å². The smallest absolute Gasteiger partial charge is 0.412 e. The van der Waals surface area contributed by atoms with E-state index in [9.17, 15) is 9.90 Å². The van der Waals surface area contributed by atoms with Crippen LogP contribution in [0, 0.1) is 0 Å². The molecule has 22 heavy (non-hydrogen) atoms. The zero-order valence-corrected chi connectivity index (χ0v) is 14.1. The largest absolute Gasteiger partial charge is 0.494 e. The number of methoxy groups -OCH3 is 1. The van der Waals surface area contributed by atoms with Gasteiger partial charge in [0.1, 0.15) is 17.6 Å². The average molecular weight is 310 g/mol. The van der Waals surface area contributed by atoms with Crippen molar-refractivity contribution in [2.24, 2.45) is 0 Å². The number of amides is 1. The van der Waals surface area contributed by atoms with Gasteiger partial charge in [-0.1, -0.05) is 12.1 Å². The molecule has 0 heterocycles. The van der Waals surface area contributed by atoms with Gasteiger partial charge in [0, 0.05) is 12.0 Å². The minimum absolute atomic E-state index is 0.389. The molecule has 0 aromatic heterocycles. The Kier molecular flexibility index (Phi) is 6.20. The van der Waals surface area contributed by atoms with Crippen LogP contribution < -0.4 is 10.1 Å². The van der Waals surface area contributed by atoms with Crippen LogP contribution in [0.1, 0.15) is 26.3 Å². The van der Waals surface area contributed by atoms with Crippen molar-refractivity contribution in [3.8, 4) is 5.75 Å². The molecule has 1 unspecified atom stereocenters. The number of ether oxygens (including phenoxy) is 2. The molecule has 0 radical (unpaired) electrons.